The van der Waals surface area contributed by atoms with Gasteiger partial charge in [0.05, 0.1) is 5.69 Å². The van der Waals surface area contributed by atoms with Crippen LogP contribution in [0.15, 0.2) is 4.42 Å². The van der Waals surface area contributed by atoms with E-state index in [1.807, 2.05) is 6.92 Å². The van der Waals surface area contributed by atoms with Crippen LogP contribution in [0.1, 0.15) is 43.5 Å². The van der Waals surface area contributed by atoms with E-state index in [2.05, 4.69) is 16.8 Å². The third-order valence-electron chi connectivity index (χ3n) is 4.28. The van der Waals surface area contributed by atoms with E-state index in [1.54, 1.807) is 0 Å². The molecular formula is C14H22N2O. The first-order chi connectivity index (χ1) is 8.28. The Morgan fingerprint density at radius 1 is 1.41 bits per heavy atom. The van der Waals surface area contributed by atoms with Gasteiger partial charge < -0.3 is 4.42 Å². The fraction of sp³-hybridized carbons (Fsp3) is 0.786. The van der Waals surface area contributed by atoms with Crippen molar-refractivity contribution < 1.29 is 4.42 Å². The van der Waals surface area contributed by atoms with E-state index in [1.165, 1.54) is 38.0 Å². The topological polar surface area (TPSA) is 29.3 Å². The zero-order chi connectivity index (χ0) is 11.8. The van der Waals surface area contributed by atoms with Gasteiger partial charge in [0.15, 0.2) is 5.89 Å². The third-order valence-corrected chi connectivity index (χ3v) is 4.28. The first kappa shape index (κ1) is 11.3. The maximum Gasteiger partial charge on any atom is 0.191 e. The van der Waals surface area contributed by atoms with E-state index in [0.717, 1.165) is 30.4 Å². The summed E-state index contributed by atoms with van der Waals surface area (Å²) in [5.41, 5.74) is 1.24. The number of oxazole rings is 1. The van der Waals surface area contributed by atoms with Gasteiger partial charge in [-0.15, -0.1) is 0 Å². The number of piperidine rings is 1. The molecule has 3 nitrogen and oxygen atoms in total. The molecule has 0 saturated carbocycles. The molecule has 2 aliphatic rings. The largest absolute Gasteiger partial charge is 0.446 e. The normalized spacial score (nSPS) is 28.8. The number of rotatable bonds is 2. The van der Waals surface area contributed by atoms with Crippen molar-refractivity contribution in [3.05, 3.63) is 17.3 Å². The lowest BCUT2D eigenvalue weighted by atomic mass is 9.79. The number of fused-ring (bicyclic) bond motifs is 2. The van der Waals surface area contributed by atoms with Crippen LogP contribution in [0, 0.1) is 12.8 Å². The predicted octanol–water partition coefficient (Wildman–Crippen LogP) is 2.57. The van der Waals surface area contributed by atoms with E-state index >= 15 is 0 Å². The molecular weight excluding hydrogens is 212 g/mol. The molecule has 1 fully saturated rings. The van der Waals surface area contributed by atoms with E-state index < -0.39 is 0 Å². The molecule has 2 atom stereocenters. The lowest BCUT2D eigenvalue weighted by Gasteiger charge is -2.43. The average Bonchev–Trinajstić information content (AvgIpc) is 2.66. The molecule has 3 rings (SSSR count). The van der Waals surface area contributed by atoms with Crippen molar-refractivity contribution in [2.24, 2.45) is 5.92 Å². The Kier molecular flexibility index (Phi) is 2.95. The Labute approximate surface area is 103 Å². The van der Waals surface area contributed by atoms with Crippen LogP contribution in [0.3, 0.4) is 0 Å². The minimum atomic E-state index is 0.712. The summed E-state index contributed by atoms with van der Waals surface area (Å²) < 4.78 is 5.74. The van der Waals surface area contributed by atoms with Gasteiger partial charge in [-0.05, 0) is 44.7 Å². The summed E-state index contributed by atoms with van der Waals surface area (Å²) in [6, 6.07) is 0.712. The molecule has 94 valence electrons. The maximum absolute atomic E-state index is 5.74. The van der Waals surface area contributed by atoms with Gasteiger partial charge in [-0.3, -0.25) is 4.90 Å². The highest BCUT2D eigenvalue weighted by atomic mass is 16.4. The van der Waals surface area contributed by atoms with E-state index in [4.69, 9.17) is 4.42 Å². The van der Waals surface area contributed by atoms with Gasteiger partial charge in [0.2, 0.25) is 0 Å². The summed E-state index contributed by atoms with van der Waals surface area (Å²) >= 11 is 0. The standard InChI is InChI=1S/C14H22N2O/c1-3-6-16-7-4-5-11-8-12-14(9-13(11)16)17-10(2)15-12/h11,13H,3-9H2,1-2H3/t11-,13-/m1/s1. The van der Waals surface area contributed by atoms with Crippen molar-refractivity contribution in [3.8, 4) is 0 Å². The van der Waals surface area contributed by atoms with Gasteiger partial charge in [-0.25, -0.2) is 4.98 Å². The highest BCUT2D eigenvalue weighted by Crippen LogP contribution is 2.35. The highest BCUT2D eigenvalue weighted by molar-refractivity contribution is 5.18. The molecule has 1 aliphatic carbocycles. The lowest BCUT2D eigenvalue weighted by Crippen LogP contribution is -2.49. The Morgan fingerprint density at radius 2 is 2.29 bits per heavy atom. The fourth-order valence-corrected chi connectivity index (χ4v) is 3.58. The van der Waals surface area contributed by atoms with Gasteiger partial charge in [-0.1, -0.05) is 6.92 Å². The molecule has 3 heteroatoms. The molecule has 2 heterocycles. The predicted molar refractivity (Wildman–Crippen MR) is 67.0 cm³/mol. The number of hydrogen-bond acceptors (Lipinski definition) is 3. The zero-order valence-corrected chi connectivity index (χ0v) is 10.9. The van der Waals surface area contributed by atoms with Gasteiger partial charge >= 0.3 is 0 Å². The van der Waals surface area contributed by atoms with Crippen molar-refractivity contribution in [2.45, 2.75) is 52.0 Å². The minimum absolute atomic E-state index is 0.712. The van der Waals surface area contributed by atoms with E-state index in [0.29, 0.717) is 6.04 Å². The Bertz CT molecular complexity index is 397. The SMILES string of the molecule is CCCN1CCC[C@@H]2Cc3nc(C)oc3C[C@H]21. The fourth-order valence-electron chi connectivity index (χ4n) is 3.58. The molecule has 1 aromatic heterocycles. The van der Waals surface area contributed by atoms with Gasteiger partial charge in [0.1, 0.15) is 5.76 Å². The molecule has 0 amide bonds. The van der Waals surface area contributed by atoms with Gasteiger partial charge in [0, 0.05) is 19.4 Å². The van der Waals surface area contributed by atoms with Crippen molar-refractivity contribution in [3.63, 3.8) is 0 Å². The first-order valence-electron chi connectivity index (χ1n) is 6.97. The van der Waals surface area contributed by atoms with Crippen molar-refractivity contribution in [1.82, 2.24) is 9.88 Å². The molecule has 0 spiro atoms. The molecule has 1 aromatic rings. The Hall–Kier alpha value is -0.830. The molecule has 0 bridgehead atoms. The van der Waals surface area contributed by atoms with Crippen molar-refractivity contribution >= 4 is 0 Å². The molecule has 1 aliphatic heterocycles. The lowest BCUT2D eigenvalue weighted by molar-refractivity contribution is 0.0797. The summed E-state index contributed by atoms with van der Waals surface area (Å²) in [7, 11) is 0. The smallest absolute Gasteiger partial charge is 0.191 e. The first-order valence-corrected chi connectivity index (χ1v) is 6.97. The molecule has 0 unspecified atom stereocenters. The second-order valence-electron chi connectivity index (χ2n) is 5.52. The summed E-state index contributed by atoms with van der Waals surface area (Å²) in [4.78, 5) is 7.20. The molecule has 0 aromatic carbocycles. The van der Waals surface area contributed by atoms with Crippen LogP contribution in [0.2, 0.25) is 0 Å². The van der Waals surface area contributed by atoms with Crippen LogP contribution in [0.25, 0.3) is 0 Å². The third kappa shape index (κ3) is 2.01. The highest BCUT2D eigenvalue weighted by Gasteiger charge is 2.37. The van der Waals surface area contributed by atoms with E-state index in [-0.39, 0.29) is 0 Å². The Balaban J connectivity index is 1.83. The summed E-state index contributed by atoms with van der Waals surface area (Å²) in [6.07, 6.45) is 6.20. The average molecular weight is 234 g/mol. The number of aryl methyl sites for hydroxylation is 1. The molecule has 1 saturated heterocycles. The van der Waals surface area contributed by atoms with Gasteiger partial charge in [0.25, 0.3) is 0 Å². The van der Waals surface area contributed by atoms with Crippen LogP contribution in [0.5, 0.6) is 0 Å². The minimum Gasteiger partial charge on any atom is -0.446 e. The molecule has 0 N–H and O–H groups in total. The van der Waals surface area contributed by atoms with Crippen LogP contribution in [0.4, 0.5) is 0 Å². The van der Waals surface area contributed by atoms with Crippen molar-refractivity contribution in [1.29, 1.82) is 0 Å². The number of likely N-dealkylation sites (tertiary alicyclic amines) is 1. The van der Waals surface area contributed by atoms with Crippen LogP contribution >= 0.6 is 0 Å². The summed E-state index contributed by atoms with van der Waals surface area (Å²) in [5, 5.41) is 0. The van der Waals surface area contributed by atoms with Crippen LogP contribution in [-0.2, 0) is 12.8 Å². The monoisotopic (exact) mass is 234 g/mol. The van der Waals surface area contributed by atoms with Crippen LogP contribution < -0.4 is 0 Å². The summed E-state index contributed by atoms with van der Waals surface area (Å²) in [5.74, 6) is 2.81. The Morgan fingerprint density at radius 3 is 3.12 bits per heavy atom. The summed E-state index contributed by atoms with van der Waals surface area (Å²) in [6.45, 7) is 6.75. The van der Waals surface area contributed by atoms with Crippen LogP contribution in [-0.4, -0.2) is 29.0 Å². The second-order valence-corrected chi connectivity index (χ2v) is 5.52. The zero-order valence-electron chi connectivity index (χ0n) is 10.9. The van der Waals surface area contributed by atoms with E-state index in [9.17, 15) is 0 Å². The maximum atomic E-state index is 5.74. The second kappa shape index (κ2) is 4.45. The van der Waals surface area contributed by atoms with Gasteiger partial charge in [-0.2, -0.15) is 0 Å². The number of aromatic nitrogens is 1. The number of hydrogen-bond donors (Lipinski definition) is 0. The molecule has 17 heavy (non-hydrogen) atoms. The molecule has 0 radical (unpaired) electrons. The van der Waals surface area contributed by atoms with Crippen molar-refractivity contribution in [2.75, 3.05) is 13.1 Å². The quantitative estimate of drug-likeness (QED) is 0.787. The number of nitrogens with zero attached hydrogens (tertiary/aromatic N) is 2.